The second-order valence-corrected chi connectivity index (χ2v) is 5.95. The zero-order chi connectivity index (χ0) is 12.3. The SMILES string of the molecule is COC(=O)c1cc(C(=O)C(Br)Br)ccc1O. The maximum atomic E-state index is 11.6. The van der Waals surface area contributed by atoms with E-state index >= 15 is 0 Å². The lowest BCUT2D eigenvalue weighted by Crippen LogP contribution is -2.09. The average Bonchev–Trinajstić information content (AvgIpc) is 2.27. The molecule has 0 amide bonds. The maximum absolute atomic E-state index is 11.6. The second kappa shape index (κ2) is 5.45. The standard InChI is InChI=1S/C10H8Br2O4/c1-16-10(15)6-4-5(2-3-7(6)13)8(14)9(11)12/h2-4,9,13H,1H3. The molecule has 4 nitrogen and oxygen atoms in total. The number of ketones is 1. The van der Waals surface area contributed by atoms with Gasteiger partial charge in [-0.05, 0) is 18.2 Å². The summed E-state index contributed by atoms with van der Waals surface area (Å²) in [6.45, 7) is 0. The minimum Gasteiger partial charge on any atom is -0.507 e. The van der Waals surface area contributed by atoms with Crippen molar-refractivity contribution in [2.75, 3.05) is 7.11 Å². The molecule has 16 heavy (non-hydrogen) atoms. The highest BCUT2D eigenvalue weighted by Gasteiger charge is 2.18. The number of phenolic OH excluding ortho intramolecular Hbond substituents is 1. The molecule has 0 aliphatic carbocycles. The molecule has 1 N–H and O–H groups in total. The zero-order valence-corrected chi connectivity index (χ0v) is 11.4. The van der Waals surface area contributed by atoms with Crippen LogP contribution in [0.4, 0.5) is 0 Å². The van der Waals surface area contributed by atoms with Gasteiger partial charge in [-0.25, -0.2) is 4.79 Å². The van der Waals surface area contributed by atoms with Crippen molar-refractivity contribution in [1.82, 2.24) is 0 Å². The van der Waals surface area contributed by atoms with Crippen molar-refractivity contribution in [3.63, 3.8) is 0 Å². The summed E-state index contributed by atoms with van der Waals surface area (Å²) in [6.07, 6.45) is 0. The van der Waals surface area contributed by atoms with E-state index in [0.717, 1.165) is 0 Å². The van der Waals surface area contributed by atoms with E-state index in [9.17, 15) is 14.7 Å². The Morgan fingerprint density at radius 1 is 1.38 bits per heavy atom. The molecule has 0 fully saturated rings. The number of halogens is 2. The Hall–Kier alpha value is -0.880. The molecule has 0 aliphatic rings. The smallest absolute Gasteiger partial charge is 0.341 e. The first-order valence-corrected chi connectivity index (χ1v) is 6.04. The molecule has 0 saturated heterocycles. The number of alkyl halides is 2. The molecule has 0 aliphatic heterocycles. The monoisotopic (exact) mass is 350 g/mol. The topological polar surface area (TPSA) is 63.6 Å². The molecule has 0 saturated carbocycles. The van der Waals surface area contributed by atoms with Gasteiger partial charge in [0.25, 0.3) is 0 Å². The quantitative estimate of drug-likeness (QED) is 0.516. The van der Waals surface area contributed by atoms with E-state index in [1.807, 2.05) is 0 Å². The van der Waals surface area contributed by atoms with Crippen molar-refractivity contribution < 1.29 is 19.4 Å². The van der Waals surface area contributed by atoms with Gasteiger partial charge in [-0.1, -0.05) is 31.9 Å². The van der Waals surface area contributed by atoms with Gasteiger partial charge in [0.1, 0.15) is 15.0 Å². The summed E-state index contributed by atoms with van der Waals surface area (Å²) in [5, 5.41) is 9.42. The Balaban J connectivity index is 3.17. The van der Waals surface area contributed by atoms with Gasteiger partial charge in [-0.2, -0.15) is 0 Å². The number of phenols is 1. The van der Waals surface area contributed by atoms with Crippen LogP contribution in [0.5, 0.6) is 5.75 Å². The third-order valence-electron chi connectivity index (χ3n) is 1.88. The summed E-state index contributed by atoms with van der Waals surface area (Å²) in [6, 6.07) is 4.00. The van der Waals surface area contributed by atoms with Crippen molar-refractivity contribution in [2.24, 2.45) is 0 Å². The minimum atomic E-state index is -0.687. The van der Waals surface area contributed by atoms with Crippen LogP contribution in [0.3, 0.4) is 0 Å². The van der Waals surface area contributed by atoms with Gasteiger partial charge in [-0.15, -0.1) is 0 Å². The van der Waals surface area contributed by atoms with E-state index in [2.05, 4.69) is 36.6 Å². The van der Waals surface area contributed by atoms with Crippen LogP contribution in [-0.2, 0) is 4.74 Å². The van der Waals surface area contributed by atoms with Crippen LogP contribution in [0.15, 0.2) is 18.2 Å². The van der Waals surface area contributed by atoms with Crippen LogP contribution in [0.2, 0.25) is 0 Å². The van der Waals surface area contributed by atoms with Crippen molar-refractivity contribution >= 4 is 43.6 Å². The Labute approximate surface area is 109 Å². The van der Waals surface area contributed by atoms with Crippen LogP contribution < -0.4 is 0 Å². The molecular formula is C10H8Br2O4. The normalized spacial score (nSPS) is 10.2. The first kappa shape index (κ1) is 13.2. The second-order valence-electron chi connectivity index (χ2n) is 2.89. The molecule has 0 radical (unpaired) electrons. The third kappa shape index (κ3) is 2.82. The fraction of sp³-hybridized carbons (Fsp3) is 0.200. The van der Waals surface area contributed by atoms with Gasteiger partial charge in [0.15, 0.2) is 5.78 Å². The van der Waals surface area contributed by atoms with E-state index in [4.69, 9.17) is 0 Å². The Morgan fingerprint density at radius 2 is 2.00 bits per heavy atom. The van der Waals surface area contributed by atoms with Crippen LogP contribution in [0.25, 0.3) is 0 Å². The van der Waals surface area contributed by atoms with E-state index in [0.29, 0.717) is 5.56 Å². The zero-order valence-electron chi connectivity index (χ0n) is 8.24. The fourth-order valence-corrected chi connectivity index (χ4v) is 1.62. The number of hydrogen-bond acceptors (Lipinski definition) is 4. The molecule has 0 heterocycles. The summed E-state index contributed by atoms with van der Waals surface area (Å²) in [5.74, 6) is -1.15. The lowest BCUT2D eigenvalue weighted by Gasteiger charge is -2.06. The van der Waals surface area contributed by atoms with Gasteiger partial charge < -0.3 is 9.84 Å². The Morgan fingerprint density at radius 3 is 2.50 bits per heavy atom. The number of esters is 1. The summed E-state index contributed by atoms with van der Waals surface area (Å²) >= 11 is 6.12. The molecule has 1 aromatic rings. The first-order chi connectivity index (χ1) is 7.47. The summed E-state index contributed by atoms with van der Waals surface area (Å²) < 4.78 is 3.95. The van der Waals surface area contributed by atoms with E-state index < -0.39 is 9.71 Å². The maximum Gasteiger partial charge on any atom is 0.341 e. The van der Waals surface area contributed by atoms with Crippen molar-refractivity contribution in [3.8, 4) is 5.75 Å². The number of aromatic hydroxyl groups is 1. The molecule has 0 unspecified atom stereocenters. The molecule has 0 bridgehead atoms. The first-order valence-electron chi connectivity index (χ1n) is 4.21. The lowest BCUT2D eigenvalue weighted by atomic mass is 10.1. The van der Waals surface area contributed by atoms with E-state index in [1.54, 1.807) is 0 Å². The van der Waals surface area contributed by atoms with Crippen LogP contribution >= 0.6 is 31.9 Å². The van der Waals surface area contributed by atoms with Gasteiger partial charge >= 0.3 is 5.97 Å². The Bertz CT molecular complexity index is 429. The highest BCUT2D eigenvalue weighted by Crippen LogP contribution is 2.22. The number of benzene rings is 1. The number of ether oxygens (including phenoxy) is 1. The largest absolute Gasteiger partial charge is 0.507 e. The van der Waals surface area contributed by atoms with Crippen LogP contribution in [0.1, 0.15) is 20.7 Å². The molecule has 1 aromatic carbocycles. The molecular weight excluding hydrogens is 344 g/mol. The van der Waals surface area contributed by atoms with Crippen molar-refractivity contribution in [1.29, 1.82) is 0 Å². The average molecular weight is 352 g/mol. The Kier molecular flexibility index (Phi) is 4.49. The molecule has 0 spiro atoms. The molecule has 0 atom stereocenters. The van der Waals surface area contributed by atoms with Gasteiger partial charge in [0.2, 0.25) is 0 Å². The fourth-order valence-electron chi connectivity index (χ4n) is 1.09. The summed E-state index contributed by atoms with van der Waals surface area (Å²) in [7, 11) is 1.20. The number of hydrogen-bond donors (Lipinski definition) is 1. The molecule has 86 valence electrons. The van der Waals surface area contributed by atoms with Gasteiger partial charge in [0, 0.05) is 5.56 Å². The number of Topliss-reactive ketones (excluding diaryl/α,β-unsaturated/α-hetero) is 1. The van der Waals surface area contributed by atoms with Crippen molar-refractivity contribution in [2.45, 2.75) is 3.74 Å². The van der Waals surface area contributed by atoms with Crippen LogP contribution in [-0.4, -0.2) is 27.7 Å². The van der Waals surface area contributed by atoms with Crippen molar-refractivity contribution in [3.05, 3.63) is 29.3 Å². The van der Waals surface area contributed by atoms with Gasteiger partial charge in [0.05, 0.1) is 7.11 Å². The number of methoxy groups -OCH3 is 1. The van der Waals surface area contributed by atoms with Gasteiger partial charge in [-0.3, -0.25) is 4.79 Å². The van der Waals surface area contributed by atoms with Crippen LogP contribution in [0, 0.1) is 0 Å². The summed E-state index contributed by atoms with van der Waals surface area (Å²) in [5.41, 5.74) is 0.269. The number of carbonyl (C=O) groups is 2. The minimum absolute atomic E-state index is 0.0333. The van der Waals surface area contributed by atoms with E-state index in [1.165, 1.54) is 25.3 Å². The number of carbonyl (C=O) groups excluding carboxylic acids is 2. The highest BCUT2D eigenvalue weighted by molar-refractivity contribution is 9.25. The highest BCUT2D eigenvalue weighted by atomic mass is 79.9. The van der Waals surface area contributed by atoms with E-state index in [-0.39, 0.29) is 17.1 Å². The predicted molar refractivity (Wildman–Crippen MR) is 65.4 cm³/mol. The number of rotatable bonds is 3. The molecule has 6 heteroatoms. The third-order valence-corrected chi connectivity index (χ3v) is 2.72. The lowest BCUT2D eigenvalue weighted by molar-refractivity contribution is 0.0597. The summed E-state index contributed by atoms with van der Waals surface area (Å²) in [4.78, 5) is 22.9. The molecule has 0 aromatic heterocycles. The predicted octanol–water partition coefficient (Wildman–Crippen LogP) is 2.48. The molecule has 1 rings (SSSR count).